The zero-order chi connectivity index (χ0) is 13.3. The van der Waals surface area contributed by atoms with Gasteiger partial charge in [0.25, 0.3) is 5.91 Å². The number of nitrogens with zero attached hydrogens (tertiary/aromatic N) is 1. The molecule has 2 rings (SSSR count). The Bertz CT molecular complexity index is 458. The Morgan fingerprint density at radius 3 is 2.67 bits per heavy atom. The summed E-state index contributed by atoms with van der Waals surface area (Å²) in [6.07, 6.45) is 1.15. The lowest BCUT2D eigenvalue weighted by Gasteiger charge is -2.37. The Labute approximate surface area is 108 Å². The molecule has 2 unspecified atom stereocenters. The van der Waals surface area contributed by atoms with Crippen LogP contribution in [0.1, 0.15) is 30.6 Å². The Balaban J connectivity index is 2.29. The number of benzene rings is 1. The van der Waals surface area contributed by atoms with Gasteiger partial charge >= 0.3 is 0 Å². The second kappa shape index (κ2) is 4.88. The van der Waals surface area contributed by atoms with E-state index in [-0.39, 0.29) is 0 Å². The molecule has 1 heterocycles. The summed E-state index contributed by atoms with van der Waals surface area (Å²) in [5.41, 5.74) is 13.2. The predicted octanol–water partition coefficient (Wildman–Crippen LogP) is 1.85. The van der Waals surface area contributed by atoms with Gasteiger partial charge in [0, 0.05) is 13.1 Å². The Morgan fingerprint density at radius 2 is 2.06 bits per heavy atom. The first-order valence-corrected chi connectivity index (χ1v) is 6.44. The molecule has 1 saturated heterocycles. The summed E-state index contributed by atoms with van der Waals surface area (Å²) in [6, 6.07) is 5.48. The van der Waals surface area contributed by atoms with Crippen molar-refractivity contribution in [2.75, 3.05) is 23.7 Å². The maximum absolute atomic E-state index is 11.3. The Morgan fingerprint density at radius 1 is 1.33 bits per heavy atom. The molecular formula is C14H21N3O. The van der Waals surface area contributed by atoms with Crippen molar-refractivity contribution in [3.63, 3.8) is 0 Å². The third-order valence-corrected chi connectivity index (χ3v) is 4.02. The molecule has 98 valence electrons. The second-order valence-corrected chi connectivity index (χ2v) is 5.29. The lowest BCUT2D eigenvalue weighted by atomic mass is 9.88. The van der Waals surface area contributed by atoms with E-state index in [9.17, 15) is 4.79 Å². The minimum absolute atomic E-state index is 0.416. The molecule has 1 aromatic carbocycles. The van der Waals surface area contributed by atoms with Gasteiger partial charge < -0.3 is 16.4 Å². The summed E-state index contributed by atoms with van der Waals surface area (Å²) < 4.78 is 0. The molecule has 1 aromatic rings. The highest BCUT2D eigenvalue weighted by Gasteiger charge is 2.24. The van der Waals surface area contributed by atoms with Crippen LogP contribution in [0.2, 0.25) is 0 Å². The molecule has 1 aliphatic heterocycles. The van der Waals surface area contributed by atoms with Crippen molar-refractivity contribution in [3.05, 3.63) is 23.8 Å². The summed E-state index contributed by atoms with van der Waals surface area (Å²) in [5, 5.41) is 0. The van der Waals surface area contributed by atoms with Gasteiger partial charge in [0.1, 0.15) is 0 Å². The third kappa shape index (κ3) is 2.28. The number of hydrogen-bond donors (Lipinski definition) is 2. The molecule has 2 atom stereocenters. The number of para-hydroxylation sites is 1. The van der Waals surface area contributed by atoms with Crippen molar-refractivity contribution in [1.29, 1.82) is 0 Å². The molecule has 0 aromatic heterocycles. The van der Waals surface area contributed by atoms with Gasteiger partial charge in [0.15, 0.2) is 0 Å². The second-order valence-electron chi connectivity index (χ2n) is 5.29. The van der Waals surface area contributed by atoms with Crippen LogP contribution >= 0.6 is 0 Å². The van der Waals surface area contributed by atoms with Crippen LogP contribution in [0.5, 0.6) is 0 Å². The van der Waals surface area contributed by atoms with Crippen LogP contribution in [-0.2, 0) is 0 Å². The van der Waals surface area contributed by atoms with Crippen LogP contribution in [0.25, 0.3) is 0 Å². The summed E-state index contributed by atoms with van der Waals surface area (Å²) >= 11 is 0. The summed E-state index contributed by atoms with van der Waals surface area (Å²) in [7, 11) is 0. The monoisotopic (exact) mass is 247 g/mol. The highest BCUT2D eigenvalue weighted by molar-refractivity contribution is 6.00. The molecule has 4 N–H and O–H groups in total. The van der Waals surface area contributed by atoms with Crippen LogP contribution in [0, 0.1) is 11.8 Å². The summed E-state index contributed by atoms with van der Waals surface area (Å²) in [6.45, 7) is 6.50. The molecule has 0 saturated carbocycles. The Hall–Kier alpha value is -1.71. The first-order valence-electron chi connectivity index (χ1n) is 6.44. The predicted molar refractivity (Wildman–Crippen MR) is 74.5 cm³/mol. The van der Waals surface area contributed by atoms with Crippen LogP contribution in [0.4, 0.5) is 11.4 Å². The lowest BCUT2D eigenvalue weighted by Crippen LogP contribution is -2.39. The number of amides is 1. The van der Waals surface area contributed by atoms with Gasteiger partial charge in [-0.3, -0.25) is 4.79 Å². The quantitative estimate of drug-likeness (QED) is 0.783. The average molecular weight is 247 g/mol. The molecule has 4 nitrogen and oxygen atoms in total. The topological polar surface area (TPSA) is 72.3 Å². The largest absolute Gasteiger partial charge is 0.396 e. The van der Waals surface area contributed by atoms with E-state index in [1.54, 1.807) is 6.07 Å². The van der Waals surface area contributed by atoms with E-state index in [0.717, 1.165) is 31.1 Å². The first-order chi connectivity index (χ1) is 8.50. The van der Waals surface area contributed by atoms with Gasteiger partial charge in [0.05, 0.1) is 16.9 Å². The highest BCUT2D eigenvalue weighted by Crippen LogP contribution is 2.32. The minimum atomic E-state index is -0.465. The van der Waals surface area contributed by atoms with Crippen molar-refractivity contribution in [2.24, 2.45) is 17.6 Å². The fraction of sp³-hybridized carbons (Fsp3) is 0.500. The SMILES string of the molecule is CC1CCN(c2cccc(C(N)=O)c2N)CC1C. The van der Waals surface area contributed by atoms with E-state index in [0.29, 0.717) is 17.2 Å². The number of nitrogen functional groups attached to an aromatic ring is 1. The van der Waals surface area contributed by atoms with E-state index in [1.165, 1.54) is 0 Å². The van der Waals surface area contributed by atoms with Crippen molar-refractivity contribution < 1.29 is 4.79 Å². The number of nitrogens with two attached hydrogens (primary N) is 2. The fourth-order valence-corrected chi connectivity index (χ4v) is 2.53. The van der Waals surface area contributed by atoms with E-state index in [4.69, 9.17) is 11.5 Å². The number of carbonyl (C=O) groups is 1. The number of carbonyl (C=O) groups excluding carboxylic acids is 1. The van der Waals surface area contributed by atoms with E-state index < -0.39 is 5.91 Å². The molecule has 1 fully saturated rings. The van der Waals surface area contributed by atoms with Crippen molar-refractivity contribution in [1.82, 2.24) is 0 Å². The van der Waals surface area contributed by atoms with Gasteiger partial charge in [-0.15, -0.1) is 0 Å². The van der Waals surface area contributed by atoms with E-state index in [1.807, 2.05) is 12.1 Å². The van der Waals surface area contributed by atoms with Gasteiger partial charge in [-0.05, 0) is 30.4 Å². The molecule has 0 aliphatic carbocycles. The molecule has 18 heavy (non-hydrogen) atoms. The molecule has 0 spiro atoms. The highest BCUT2D eigenvalue weighted by atomic mass is 16.1. The van der Waals surface area contributed by atoms with E-state index in [2.05, 4.69) is 18.7 Å². The zero-order valence-electron chi connectivity index (χ0n) is 11.0. The van der Waals surface area contributed by atoms with Crippen LogP contribution < -0.4 is 16.4 Å². The lowest BCUT2D eigenvalue weighted by molar-refractivity contribution is 0.100. The van der Waals surface area contributed by atoms with Gasteiger partial charge in [0.2, 0.25) is 0 Å². The van der Waals surface area contributed by atoms with Crippen molar-refractivity contribution in [2.45, 2.75) is 20.3 Å². The van der Waals surface area contributed by atoms with Crippen LogP contribution in [0.3, 0.4) is 0 Å². The van der Waals surface area contributed by atoms with Crippen molar-refractivity contribution in [3.8, 4) is 0 Å². The van der Waals surface area contributed by atoms with Crippen LogP contribution in [0.15, 0.2) is 18.2 Å². The molecule has 0 radical (unpaired) electrons. The summed E-state index contributed by atoms with van der Waals surface area (Å²) in [5.74, 6) is 0.907. The molecule has 0 bridgehead atoms. The standard InChI is InChI=1S/C14H21N3O/c1-9-6-7-17(8-10(9)2)12-5-3-4-11(13(12)15)14(16)18/h3-5,9-10H,6-8,15H2,1-2H3,(H2,16,18). The number of piperidine rings is 1. The van der Waals surface area contributed by atoms with Crippen molar-refractivity contribution >= 4 is 17.3 Å². The molecular weight excluding hydrogens is 226 g/mol. The molecule has 1 aliphatic rings. The van der Waals surface area contributed by atoms with Crippen LogP contribution in [-0.4, -0.2) is 19.0 Å². The number of rotatable bonds is 2. The fourth-order valence-electron chi connectivity index (χ4n) is 2.53. The Kier molecular flexibility index (Phi) is 3.45. The average Bonchev–Trinajstić information content (AvgIpc) is 2.33. The normalized spacial score (nSPS) is 24.0. The van der Waals surface area contributed by atoms with Gasteiger partial charge in [-0.1, -0.05) is 19.9 Å². The summed E-state index contributed by atoms with van der Waals surface area (Å²) in [4.78, 5) is 13.6. The van der Waals surface area contributed by atoms with Gasteiger partial charge in [-0.25, -0.2) is 0 Å². The number of primary amides is 1. The number of hydrogen-bond acceptors (Lipinski definition) is 3. The van der Waals surface area contributed by atoms with E-state index >= 15 is 0 Å². The third-order valence-electron chi connectivity index (χ3n) is 4.02. The maximum atomic E-state index is 11.3. The maximum Gasteiger partial charge on any atom is 0.250 e. The minimum Gasteiger partial charge on any atom is -0.396 e. The van der Waals surface area contributed by atoms with Gasteiger partial charge in [-0.2, -0.15) is 0 Å². The first kappa shape index (κ1) is 12.7. The number of anilines is 2. The zero-order valence-corrected chi connectivity index (χ0v) is 11.0. The molecule has 1 amide bonds. The molecule has 4 heteroatoms. The smallest absolute Gasteiger partial charge is 0.250 e.